The standard InChI is InChI=1S/C32H31N3O4/c1-23-10-9-11-25(18-23)22-39-29-17-16-24(19-30(29)38-2)21-33-35-31(36)20-28(26-12-5-3-6-13-26)34-32(37)27-14-7-4-8-15-27/h3-19,21,28H,20,22H2,1-2H3,(H,34,37)(H,35,36)/b33-21-/t28-/m0/s1. The number of hydrogen-bond acceptors (Lipinski definition) is 5. The Morgan fingerprint density at radius 3 is 2.33 bits per heavy atom. The summed E-state index contributed by atoms with van der Waals surface area (Å²) in [7, 11) is 1.57. The number of hydrogen-bond donors (Lipinski definition) is 2. The number of hydrazone groups is 1. The second-order valence-corrected chi connectivity index (χ2v) is 8.99. The summed E-state index contributed by atoms with van der Waals surface area (Å²) >= 11 is 0. The van der Waals surface area contributed by atoms with Gasteiger partial charge in [-0.25, -0.2) is 5.43 Å². The van der Waals surface area contributed by atoms with E-state index in [0.29, 0.717) is 23.7 Å². The van der Waals surface area contributed by atoms with Crippen LogP contribution >= 0.6 is 0 Å². The van der Waals surface area contributed by atoms with Crippen molar-refractivity contribution in [1.29, 1.82) is 0 Å². The van der Waals surface area contributed by atoms with E-state index in [0.717, 1.165) is 16.7 Å². The monoisotopic (exact) mass is 521 g/mol. The molecule has 0 aliphatic rings. The first-order valence-corrected chi connectivity index (χ1v) is 12.6. The van der Waals surface area contributed by atoms with Crippen molar-refractivity contribution >= 4 is 18.0 Å². The van der Waals surface area contributed by atoms with Crippen LogP contribution < -0.4 is 20.2 Å². The van der Waals surface area contributed by atoms with Gasteiger partial charge in [-0.3, -0.25) is 9.59 Å². The predicted molar refractivity (Wildman–Crippen MR) is 152 cm³/mol. The number of amides is 2. The predicted octanol–water partition coefficient (Wildman–Crippen LogP) is 5.59. The molecule has 0 bridgehead atoms. The fraction of sp³-hybridized carbons (Fsp3) is 0.156. The van der Waals surface area contributed by atoms with Gasteiger partial charge in [0.1, 0.15) is 6.61 Å². The lowest BCUT2D eigenvalue weighted by Gasteiger charge is -2.18. The summed E-state index contributed by atoms with van der Waals surface area (Å²) in [5, 5.41) is 7.05. The van der Waals surface area contributed by atoms with Crippen molar-refractivity contribution in [2.24, 2.45) is 5.10 Å². The van der Waals surface area contributed by atoms with Crippen LogP contribution in [0.4, 0.5) is 0 Å². The molecule has 0 fully saturated rings. The molecule has 0 aromatic heterocycles. The Bertz CT molecular complexity index is 1420. The van der Waals surface area contributed by atoms with Gasteiger partial charge in [-0.15, -0.1) is 0 Å². The van der Waals surface area contributed by atoms with Crippen LogP contribution in [-0.2, 0) is 11.4 Å². The zero-order valence-electron chi connectivity index (χ0n) is 22.0. The largest absolute Gasteiger partial charge is 0.493 e. The molecular formula is C32H31N3O4. The van der Waals surface area contributed by atoms with Crippen molar-refractivity contribution in [1.82, 2.24) is 10.7 Å². The summed E-state index contributed by atoms with van der Waals surface area (Å²) in [6, 6.07) is 31.3. The van der Waals surface area contributed by atoms with Crippen LogP contribution in [-0.4, -0.2) is 25.1 Å². The number of nitrogens with one attached hydrogen (secondary N) is 2. The maximum absolute atomic E-state index is 12.7. The Hall–Kier alpha value is -4.91. The number of carbonyl (C=O) groups is 2. The number of ether oxygens (including phenoxy) is 2. The van der Waals surface area contributed by atoms with E-state index < -0.39 is 6.04 Å². The van der Waals surface area contributed by atoms with E-state index in [9.17, 15) is 9.59 Å². The minimum atomic E-state index is -0.515. The zero-order valence-corrected chi connectivity index (χ0v) is 22.0. The maximum Gasteiger partial charge on any atom is 0.251 e. The van der Waals surface area contributed by atoms with Crippen LogP contribution in [0.2, 0.25) is 0 Å². The molecule has 0 spiro atoms. The van der Waals surface area contributed by atoms with E-state index in [1.807, 2.05) is 73.7 Å². The summed E-state index contributed by atoms with van der Waals surface area (Å²) in [5.74, 6) is 0.585. The average Bonchev–Trinajstić information content (AvgIpc) is 2.97. The highest BCUT2D eigenvalue weighted by Gasteiger charge is 2.19. The summed E-state index contributed by atoms with van der Waals surface area (Å²) < 4.78 is 11.4. The van der Waals surface area contributed by atoms with Gasteiger partial charge in [0.05, 0.1) is 25.8 Å². The molecule has 4 aromatic carbocycles. The highest BCUT2D eigenvalue weighted by Crippen LogP contribution is 2.28. The molecule has 0 heterocycles. The van der Waals surface area contributed by atoms with Gasteiger partial charge in [0.25, 0.3) is 5.91 Å². The van der Waals surface area contributed by atoms with Gasteiger partial charge >= 0.3 is 0 Å². The van der Waals surface area contributed by atoms with E-state index in [-0.39, 0.29) is 18.2 Å². The van der Waals surface area contributed by atoms with Crippen molar-refractivity contribution in [2.45, 2.75) is 26.0 Å². The molecule has 7 nitrogen and oxygen atoms in total. The zero-order chi connectivity index (χ0) is 27.5. The summed E-state index contributed by atoms with van der Waals surface area (Å²) in [6.07, 6.45) is 1.56. The lowest BCUT2D eigenvalue weighted by atomic mass is 10.0. The summed E-state index contributed by atoms with van der Waals surface area (Å²) in [4.78, 5) is 25.5. The van der Waals surface area contributed by atoms with E-state index in [4.69, 9.17) is 9.47 Å². The van der Waals surface area contributed by atoms with E-state index >= 15 is 0 Å². The van der Waals surface area contributed by atoms with Crippen molar-refractivity contribution in [3.8, 4) is 11.5 Å². The van der Waals surface area contributed by atoms with Crippen LogP contribution in [0.25, 0.3) is 0 Å². The molecular weight excluding hydrogens is 490 g/mol. The molecule has 0 unspecified atom stereocenters. The molecule has 2 N–H and O–H groups in total. The van der Waals surface area contributed by atoms with Gasteiger partial charge in [0, 0.05) is 5.56 Å². The molecule has 0 aliphatic heterocycles. The molecule has 0 saturated carbocycles. The Morgan fingerprint density at radius 1 is 0.872 bits per heavy atom. The SMILES string of the molecule is COc1cc(/C=N\NC(=O)C[C@H](NC(=O)c2ccccc2)c2ccccc2)ccc1OCc1cccc(C)c1. The summed E-state index contributed by atoms with van der Waals surface area (Å²) in [6.45, 7) is 2.46. The molecule has 0 saturated heterocycles. The van der Waals surface area contributed by atoms with Gasteiger partial charge in [-0.2, -0.15) is 5.10 Å². The van der Waals surface area contributed by atoms with Crippen LogP contribution in [0.3, 0.4) is 0 Å². The van der Waals surface area contributed by atoms with Crippen LogP contribution in [0.5, 0.6) is 11.5 Å². The number of benzene rings is 4. The van der Waals surface area contributed by atoms with Gasteiger partial charge in [-0.1, -0.05) is 78.4 Å². The number of carbonyl (C=O) groups excluding carboxylic acids is 2. The van der Waals surface area contributed by atoms with Crippen molar-refractivity contribution in [3.05, 3.63) is 131 Å². The minimum absolute atomic E-state index is 0.0228. The fourth-order valence-electron chi connectivity index (χ4n) is 4.03. The van der Waals surface area contributed by atoms with E-state index in [2.05, 4.69) is 21.9 Å². The van der Waals surface area contributed by atoms with Gasteiger partial charge in [0.2, 0.25) is 5.91 Å². The van der Waals surface area contributed by atoms with E-state index in [1.165, 1.54) is 11.8 Å². The molecule has 2 amide bonds. The Labute approximate surface area is 228 Å². The highest BCUT2D eigenvalue weighted by molar-refractivity contribution is 5.94. The van der Waals surface area contributed by atoms with Crippen LogP contribution in [0, 0.1) is 6.92 Å². The van der Waals surface area contributed by atoms with Crippen molar-refractivity contribution in [3.63, 3.8) is 0 Å². The number of aryl methyl sites for hydroxylation is 1. The third-order valence-electron chi connectivity index (χ3n) is 6.00. The molecule has 0 aliphatic carbocycles. The van der Waals surface area contributed by atoms with E-state index in [1.54, 1.807) is 37.4 Å². The van der Waals surface area contributed by atoms with Crippen molar-refractivity contribution in [2.75, 3.05) is 7.11 Å². The molecule has 39 heavy (non-hydrogen) atoms. The van der Waals surface area contributed by atoms with Gasteiger partial charge < -0.3 is 14.8 Å². The highest BCUT2D eigenvalue weighted by atomic mass is 16.5. The molecule has 4 rings (SSSR count). The van der Waals surface area contributed by atoms with Gasteiger partial charge in [0.15, 0.2) is 11.5 Å². The Kier molecular flexibility index (Phi) is 9.45. The third kappa shape index (κ3) is 8.04. The molecule has 1 atom stereocenters. The molecule has 7 heteroatoms. The number of rotatable bonds is 11. The average molecular weight is 522 g/mol. The first kappa shape index (κ1) is 27.1. The first-order valence-electron chi connectivity index (χ1n) is 12.6. The third-order valence-corrected chi connectivity index (χ3v) is 6.00. The lowest BCUT2D eigenvalue weighted by Crippen LogP contribution is -2.32. The van der Waals surface area contributed by atoms with Crippen molar-refractivity contribution < 1.29 is 19.1 Å². The van der Waals surface area contributed by atoms with Gasteiger partial charge in [-0.05, 0) is 53.9 Å². The maximum atomic E-state index is 12.7. The smallest absolute Gasteiger partial charge is 0.251 e. The summed E-state index contributed by atoms with van der Waals surface area (Å²) in [5.41, 5.74) is 6.88. The Balaban J connectivity index is 1.37. The topological polar surface area (TPSA) is 89.0 Å². The second-order valence-electron chi connectivity index (χ2n) is 8.99. The number of nitrogens with zero attached hydrogens (tertiary/aromatic N) is 1. The van der Waals surface area contributed by atoms with Crippen LogP contribution in [0.15, 0.2) is 108 Å². The Morgan fingerprint density at radius 2 is 1.62 bits per heavy atom. The first-order chi connectivity index (χ1) is 19.0. The van der Waals surface area contributed by atoms with Crippen LogP contribution in [0.1, 0.15) is 45.1 Å². The number of methoxy groups -OCH3 is 1. The fourth-order valence-corrected chi connectivity index (χ4v) is 4.03. The molecule has 198 valence electrons. The normalized spacial score (nSPS) is 11.5. The molecule has 0 radical (unpaired) electrons. The second kappa shape index (κ2) is 13.6. The lowest BCUT2D eigenvalue weighted by molar-refractivity contribution is -0.121. The quantitative estimate of drug-likeness (QED) is 0.199. The molecule has 4 aromatic rings. The minimum Gasteiger partial charge on any atom is -0.493 e.